The van der Waals surface area contributed by atoms with Crippen LogP contribution in [0.4, 0.5) is 10.1 Å². The molecule has 0 aliphatic rings. The Labute approximate surface area is 126 Å². The standard InChI is InChI=1S/C14H10ClFN2O2S/c15-13-9-11(16)3-6-14(13)18-21(19,20)12-4-1-10(2-5-12)7-8-17/h1-6,9,18H,7H2. The summed E-state index contributed by atoms with van der Waals surface area (Å²) in [4.78, 5) is 0.0320. The van der Waals surface area contributed by atoms with Crippen molar-refractivity contribution in [2.45, 2.75) is 11.3 Å². The lowest BCUT2D eigenvalue weighted by Gasteiger charge is -2.10. The number of benzene rings is 2. The first-order valence-corrected chi connectivity index (χ1v) is 7.72. The molecule has 0 aromatic heterocycles. The molecule has 0 heterocycles. The predicted molar refractivity (Wildman–Crippen MR) is 78.0 cm³/mol. The molecule has 0 fully saturated rings. The number of hydrogen-bond acceptors (Lipinski definition) is 3. The van der Waals surface area contributed by atoms with E-state index < -0.39 is 15.8 Å². The number of hydrogen-bond donors (Lipinski definition) is 1. The molecule has 2 aromatic rings. The highest BCUT2D eigenvalue weighted by Gasteiger charge is 2.15. The van der Waals surface area contributed by atoms with E-state index in [4.69, 9.17) is 16.9 Å². The van der Waals surface area contributed by atoms with Crippen LogP contribution in [0.25, 0.3) is 0 Å². The molecule has 0 spiro atoms. The van der Waals surface area contributed by atoms with Crippen LogP contribution in [-0.2, 0) is 16.4 Å². The van der Waals surface area contributed by atoms with Crippen LogP contribution >= 0.6 is 11.6 Å². The van der Waals surface area contributed by atoms with Crippen LogP contribution in [0.1, 0.15) is 5.56 Å². The quantitative estimate of drug-likeness (QED) is 0.937. The predicted octanol–water partition coefficient (Wildman–Crippen LogP) is 3.35. The second-order valence-electron chi connectivity index (χ2n) is 4.21. The summed E-state index contributed by atoms with van der Waals surface area (Å²) in [5.41, 5.74) is 0.815. The Balaban J connectivity index is 2.27. The third-order valence-corrected chi connectivity index (χ3v) is 4.39. The van der Waals surface area contributed by atoms with Gasteiger partial charge in [0.15, 0.2) is 0 Å². The molecule has 0 radical (unpaired) electrons. The number of halogens is 2. The van der Waals surface area contributed by atoms with E-state index in [0.29, 0.717) is 0 Å². The van der Waals surface area contributed by atoms with Crippen molar-refractivity contribution >= 4 is 27.3 Å². The van der Waals surface area contributed by atoms with Gasteiger partial charge in [-0.3, -0.25) is 4.72 Å². The van der Waals surface area contributed by atoms with Crippen LogP contribution in [0.3, 0.4) is 0 Å². The summed E-state index contributed by atoms with van der Waals surface area (Å²) in [6.45, 7) is 0. The Morgan fingerprint density at radius 3 is 2.43 bits per heavy atom. The molecule has 0 saturated carbocycles. The van der Waals surface area contributed by atoms with Crippen molar-refractivity contribution in [3.8, 4) is 6.07 Å². The van der Waals surface area contributed by atoms with Gasteiger partial charge >= 0.3 is 0 Å². The van der Waals surface area contributed by atoms with Crippen molar-refractivity contribution in [3.05, 3.63) is 58.9 Å². The highest BCUT2D eigenvalue weighted by atomic mass is 35.5. The average molecular weight is 325 g/mol. The van der Waals surface area contributed by atoms with Gasteiger partial charge in [0, 0.05) is 0 Å². The fourth-order valence-corrected chi connectivity index (χ4v) is 3.00. The van der Waals surface area contributed by atoms with Gasteiger partial charge in [0.05, 0.1) is 28.1 Å². The van der Waals surface area contributed by atoms with Crippen LogP contribution < -0.4 is 4.72 Å². The summed E-state index contributed by atoms with van der Waals surface area (Å²) in [5.74, 6) is -0.552. The Hall–Kier alpha value is -2.10. The van der Waals surface area contributed by atoms with Crippen molar-refractivity contribution in [2.75, 3.05) is 4.72 Å². The van der Waals surface area contributed by atoms with Crippen LogP contribution in [0.2, 0.25) is 5.02 Å². The largest absolute Gasteiger partial charge is 0.278 e. The molecule has 4 nitrogen and oxygen atoms in total. The van der Waals surface area contributed by atoms with Crippen LogP contribution in [0, 0.1) is 17.1 Å². The van der Waals surface area contributed by atoms with Crippen molar-refractivity contribution in [1.82, 2.24) is 0 Å². The van der Waals surface area contributed by atoms with Gasteiger partial charge < -0.3 is 0 Å². The van der Waals surface area contributed by atoms with Crippen molar-refractivity contribution in [2.24, 2.45) is 0 Å². The summed E-state index contributed by atoms with van der Waals surface area (Å²) in [5, 5.41) is 8.54. The summed E-state index contributed by atoms with van der Waals surface area (Å²) >= 11 is 5.79. The first kappa shape index (κ1) is 15.3. The van der Waals surface area contributed by atoms with Gasteiger partial charge in [0.2, 0.25) is 0 Å². The van der Waals surface area contributed by atoms with E-state index in [2.05, 4.69) is 4.72 Å². The number of nitrogens with zero attached hydrogens (tertiary/aromatic N) is 1. The SMILES string of the molecule is N#CCc1ccc(S(=O)(=O)Nc2ccc(F)cc2Cl)cc1. The lowest BCUT2D eigenvalue weighted by molar-refractivity contribution is 0.601. The number of rotatable bonds is 4. The van der Waals surface area contributed by atoms with Gasteiger partial charge in [-0.2, -0.15) is 5.26 Å². The van der Waals surface area contributed by atoms with Gasteiger partial charge in [-0.15, -0.1) is 0 Å². The molecular weight excluding hydrogens is 315 g/mol. The van der Waals surface area contributed by atoms with E-state index in [1.54, 1.807) is 12.1 Å². The van der Waals surface area contributed by atoms with E-state index in [1.807, 2.05) is 6.07 Å². The van der Waals surface area contributed by atoms with Crippen molar-refractivity contribution < 1.29 is 12.8 Å². The lowest BCUT2D eigenvalue weighted by atomic mass is 10.2. The zero-order chi connectivity index (χ0) is 15.5. The third kappa shape index (κ3) is 3.72. The number of nitrogens with one attached hydrogen (secondary N) is 1. The van der Waals surface area contributed by atoms with Gasteiger partial charge in [0.1, 0.15) is 5.82 Å². The number of sulfonamides is 1. The van der Waals surface area contributed by atoms with Crippen LogP contribution in [0.15, 0.2) is 47.4 Å². The van der Waals surface area contributed by atoms with E-state index in [0.717, 1.165) is 17.7 Å². The highest BCUT2D eigenvalue weighted by Crippen LogP contribution is 2.25. The summed E-state index contributed by atoms with van der Waals surface area (Å²) in [6.07, 6.45) is 0.206. The van der Waals surface area contributed by atoms with E-state index in [9.17, 15) is 12.8 Å². The molecule has 0 aliphatic carbocycles. The molecule has 0 aliphatic heterocycles. The molecule has 7 heteroatoms. The van der Waals surface area contributed by atoms with Gasteiger partial charge in [-0.25, -0.2) is 12.8 Å². The molecule has 0 saturated heterocycles. The molecule has 0 amide bonds. The Kier molecular flexibility index (Phi) is 4.46. The van der Waals surface area contributed by atoms with Gasteiger partial charge in [0.25, 0.3) is 10.0 Å². The van der Waals surface area contributed by atoms with Crippen LogP contribution in [-0.4, -0.2) is 8.42 Å². The second kappa shape index (κ2) is 6.12. The van der Waals surface area contributed by atoms with Crippen molar-refractivity contribution in [3.63, 3.8) is 0 Å². The lowest BCUT2D eigenvalue weighted by Crippen LogP contribution is -2.13. The summed E-state index contributed by atoms with van der Waals surface area (Å²) in [7, 11) is -3.82. The normalized spacial score (nSPS) is 10.9. The minimum atomic E-state index is -3.82. The first-order chi connectivity index (χ1) is 9.92. The monoisotopic (exact) mass is 324 g/mol. The van der Waals surface area contributed by atoms with E-state index in [1.165, 1.54) is 18.2 Å². The fourth-order valence-electron chi connectivity index (χ4n) is 1.65. The Morgan fingerprint density at radius 2 is 1.86 bits per heavy atom. The molecule has 0 unspecified atom stereocenters. The van der Waals surface area contributed by atoms with Gasteiger partial charge in [-0.05, 0) is 35.9 Å². The molecular formula is C14H10ClFN2O2S. The molecule has 2 aromatic carbocycles. The maximum atomic E-state index is 12.9. The average Bonchev–Trinajstić information content (AvgIpc) is 2.43. The van der Waals surface area contributed by atoms with E-state index >= 15 is 0 Å². The molecule has 1 N–H and O–H groups in total. The maximum absolute atomic E-state index is 12.9. The zero-order valence-corrected chi connectivity index (χ0v) is 12.2. The number of anilines is 1. The number of nitriles is 1. The Morgan fingerprint density at radius 1 is 1.19 bits per heavy atom. The van der Waals surface area contributed by atoms with Crippen molar-refractivity contribution in [1.29, 1.82) is 5.26 Å². The van der Waals surface area contributed by atoms with Gasteiger partial charge in [-0.1, -0.05) is 23.7 Å². The van der Waals surface area contributed by atoms with E-state index in [-0.39, 0.29) is 22.0 Å². The second-order valence-corrected chi connectivity index (χ2v) is 6.30. The third-order valence-electron chi connectivity index (χ3n) is 2.69. The Bertz CT molecular complexity index is 799. The maximum Gasteiger partial charge on any atom is 0.261 e. The molecule has 0 atom stereocenters. The minimum absolute atomic E-state index is 0.0281. The molecule has 21 heavy (non-hydrogen) atoms. The molecule has 108 valence electrons. The zero-order valence-electron chi connectivity index (χ0n) is 10.7. The highest BCUT2D eigenvalue weighted by molar-refractivity contribution is 7.92. The molecule has 2 rings (SSSR count). The molecule has 0 bridgehead atoms. The topological polar surface area (TPSA) is 70.0 Å². The first-order valence-electron chi connectivity index (χ1n) is 5.86. The fraction of sp³-hybridized carbons (Fsp3) is 0.0714. The van der Waals surface area contributed by atoms with Crippen LogP contribution in [0.5, 0.6) is 0 Å². The smallest absolute Gasteiger partial charge is 0.261 e. The minimum Gasteiger partial charge on any atom is -0.278 e. The summed E-state index contributed by atoms with van der Waals surface area (Å²) in [6, 6.07) is 11.3. The summed E-state index contributed by atoms with van der Waals surface area (Å²) < 4.78 is 39.6.